The van der Waals surface area contributed by atoms with Gasteiger partial charge in [-0.2, -0.15) is 0 Å². The number of nitrogens with two attached hydrogens (primary N) is 1. The highest BCUT2D eigenvalue weighted by Gasteiger charge is 2.43. The van der Waals surface area contributed by atoms with Crippen LogP contribution < -0.4 is 11.1 Å². The predicted molar refractivity (Wildman–Crippen MR) is 97.4 cm³/mol. The van der Waals surface area contributed by atoms with E-state index in [1.165, 1.54) is 6.20 Å². The molecule has 0 spiro atoms. The summed E-state index contributed by atoms with van der Waals surface area (Å²) in [5, 5.41) is 14.2. The smallest absolute Gasteiger partial charge is 0.231 e. The Hall–Kier alpha value is -3.22. The summed E-state index contributed by atoms with van der Waals surface area (Å²) in [4.78, 5) is 20.0. The molecule has 1 fully saturated rings. The molecule has 4 N–H and O–H groups in total. The zero-order chi connectivity index (χ0) is 18.4. The lowest BCUT2D eigenvalue weighted by Crippen LogP contribution is -2.15. The Morgan fingerprint density at radius 2 is 2.12 bits per heavy atom. The van der Waals surface area contributed by atoms with Crippen LogP contribution in [0.2, 0.25) is 0 Å². The summed E-state index contributed by atoms with van der Waals surface area (Å²) < 4.78 is 13.0. The fourth-order valence-corrected chi connectivity index (χ4v) is 3.05. The van der Waals surface area contributed by atoms with Gasteiger partial charge in [-0.15, -0.1) is 0 Å². The van der Waals surface area contributed by atoms with Crippen molar-refractivity contribution in [3.05, 3.63) is 42.2 Å². The normalized spacial score (nSPS) is 18.7. The molecule has 1 amide bonds. The molecule has 1 saturated carbocycles. The highest BCUT2D eigenvalue weighted by atomic mass is 19.1. The number of nitrogens with zero attached hydrogens (tertiary/aromatic N) is 2. The number of alkyl halides is 1. The lowest BCUT2D eigenvalue weighted by atomic mass is 9.98. The van der Waals surface area contributed by atoms with Gasteiger partial charge >= 0.3 is 0 Å². The second kappa shape index (κ2) is 5.94. The SMILES string of the molecule is Cc1ccnc(O)c1-c1cc(N)c2cnc(NC(=O)C3CC3F)cc2c1. The molecule has 4 rings (SSSR count). The molecule has 7 heteroatoms. The molecule has 6 nitrogen and oxygen atoms in total. The van der Waals surface area contributed by atoms with Crippen LogP contribution in [-0.4, -0.2) is 27.2 Å². The molecule has 3 aromatic rings. The van der Waals surface area contributed by atoms with Crippen LogP contribution in [0.3, 0.4) is 0 Å². The second-order valence-electron chi connectivity index (χ2n) is 6.53. The Morgan fingerprint density at radius 1 is 1.35 bits per heavy atom. The number of anilines is 2. The first-order chi connectivity index (χ1) is 12.4. The number of hydrogen-bond donors (Lipinski definition) is 3. The molecular formula is C19H17FN4O2. The maximum Gasteiger partial charge on any atom is 0.231 e. The number of amides is 1. The van der Waals surface area contributed by atoms with Crippen molar-refractivity contribution >= 4 is 28.2 Å². The van der Waals surface area contributed by atoms with E-state index < -0.39 is 12.1 Å². The van der Waals surface area contributed by atoms with Gasteiger partial charge in [-0.1, -0.05) is 0 Å². The lowest BCUT2D eigenvalue weighted by Gasteiger charge is -2.12. The topological polar surface area (TPSA) is 101 Å². The first-order valence-corrected chi connectivity index (χ1v) is 8.23. The molecule has 0 saturated heterocycles. The minimum Gasteiger partial charge on any atom is -0.493 e. The van der Waals surface area contributed by atoms with Crippen molar-refractivity contribution in [2.45, 2.75) is 19.5 Å². The van der Waals surface area contributed by atoms with E-state index in [0.717, 1.165) is 16.3 Å². The molecule has 2 heterocycles. The third-order valence-electron chi connectivity index (χ3n) is 4.60. The van der Waals surface area contributed by atoms with E-state index in [4.69, 9.17) is 5.73 Å². The molecule has 2 aromatic heterocycles. The highest BCUT2D eigenvalue weighted by Crippen LogP contribution is 2.36. The van der Waals surface area contributed by atoms with E-state index in [1.54, 1.807) is 24.4 Å². The van der Waals surface area contributed by atoms with E-state index in [9.17, 15) is 14.3 Å². The van der Waals surface area contributed by atoms with Gasteiger partial charge in [0.2, 0.25) is 11.8 Å². The quantitative estimate of drug-likeness (QED) is 0.629. The Bertz CT molecular complexity index is 1020. The van der Waals surface area contributed by atoms with Crippen molar-refractivity contribution in [3.63, 3.8) is 0 Å². The van der Waals surface area contributed by atoms with Crippen molar-refractivity contribution < 1.29 is 14.3 Å². The highest BCUT2D eigenvalue weighted by molar-refractivity contribution is 6.00. The number of benzene rings is 1. The number of rotatable bonds is 3. The van der Waals surface area contributed by atoms with Crippen LogP contribution in [-0.2, 0) is 4.79 Å². The van der Waals surface area contributed by atoms with Crippen molar-refractivity contribution in [2.75, 3.05) is 11.1 Å². The van der Waals surface area contributed by atoms with Gasteiger partial charge in [0.05, 0.1) is 5.92 Å². The minimum absolute atomic E-state index is 0.0750. The third kappa shape index (κ3) is 2.81. The average Bonchev–Trinajstić information content (AvgIpc) is 3.31. The summed E-state index contributed by atoms with van der Waals surface area (Å²) in [6, 6.07) is 7.09. The fourth-order valence-electron chi connectivity index (χ4n) is 3.05. The summed E-state index contributed by atoms with van der Waals surface area (Å²) in [5.41, 5.74) is 8.82. The van der Waals surface area contributed by atoms with Crippen LogP contribution in [0.5, 0.6) is 5.88 Å². The average molecular weight is 352 g/mol. The van der Waals surface area contributed by atoms with E-state index in [2.05, 4.69) is 15.3 Å². The van der Waals surface area contributed by atoms with Gasteiger partial charge in [-0.05, 0) is 54.1 Å². The van der Waals surface area contributed by atoms with Gasteiger partial charge in [-0.3, -0.25) is 4.79 Å². The van der Waals surface area contributed by atoms with Gasteiger partial charge in [0, 0.05) is 29.0 Å². The number of carbonyl (C=O) groups excluding carboxylic acids is 1. The van der Waals surface area contributed by atoms with Gasteiger partial charge in [0.25, 0.3) is 0 Å². The van der Waals surface area contributed by atoms with E-state index in [-0.39, 0.29) is 18.2 Å². The molecule has 0 radical (unpaired) electrons. The summed E-state index contributed by atoms with van der Waals surface area (Å²) in [6.45, 7) is 1.87. The Labute approximate surface area is 148 Å². The summed E-state index contributed by atoms with van der Waals surface area (Å²) in [6.07, 6.45) is 2.30. The van der Waals surface area contributed by atoms with Crippen molar-refractivity contribution in [1.29, 1.82) is 0 Å². The van der Waals surface area contributed by atoms with E-state index >= 15 is 0 Å². The van der Waals surface area contributed by atoms with Crippen LogP contribution in [0.15, 0.2) is 36.7 Å². The number of aromatic hydroxyl groups is 1. The first-order valence-electron chi connectivity index (χ1n) is 8.23. The zero-order valence-corrected chi connectivity index (χ0v) is 14.0. The zero-order valence-electron chi connectivity index (χ0n) is 14.0. The predicted octanol–water partition coefficient (Wildman–Crippen LogP) is 3.19. The maximum atomic E-state index is 13.0. The van der Waals surface area contributed by atoms with Crippen molar-refractivity contribution in [2.24, 2.45) is 5.92 Å². The first kappa shape index (κ1) is 16.3. The number of pyridine rings is 2. The van der Waals surface area contributed by atoms with Gasteiger partial charge in [-0.25, -0.2) is 14.4 Å². The van der Waals surface area contributed by atoms with Crippen molar-refractivity contribution in [1.82, 2.24) is 9.97 Å². The number of nitrogen functional groups attached to an aromatic ring is 1. The number of fused-ring (bicyclic) bond motifs is 1. The van der Waals surface area contributed by atoms with Crippen LogP contribution in [0, 0.1) is 12.8 Å². The summed E-state index contributed by atoms with van der Waals surface area (Å²) in [7, 11) is 0. The molecule has 0 bridgehead atoms. The number of hydrogen-bond acceptors (Lipinski definition) is 5. The molecule has 26 heavy (non-hydrogen) atoms. The fraction of sp³-hybridized carbons (Fsp3) is 0.211. The largest absolute Gasteiger partial charge is 0.493 e. The molecule has 1 aromatic carbocycles. The van der Waals surface area contributed by atoms with E-state index in [0.29, 0.717) is 22.6 Å². The van der Waals surface area contributed by atoms with Gasteiger partial charge < -0.3 is 16.2 Å². The molecule has 2 atom stereocenters. The van der Waals surface area contributed by atoms with Crippen LogP contribution in [0.4, 0.5) is 15.9 Å². The Morgan fingerprint density at radius 3 is 2.81 bits per heavy atom. The van der Waals surface area contributed by atoms with Gasteiger partial charge in [0.15, 0.2) is 0 Å². The molecule has 1 aliphatic carbocycles. The molecule has 0 aliphatic heterocycles. The van der Waals surface area contributed by atoms with E-state index in [1.807, 2.05) is 13.0 Å². The third-order valence-corrected chi connectivity index (χ3v) is 4.60. The van der Waals surface area contributed by atoms with Crippen LogP contribution in [0.1, 0.15) is 12.0 Å². The Balaban J connectivity index is 1.76. The number of aromatic nitrogens is 2. The van der Waals surface area contributed by atoms with Crippen molar-refractivity contribution in [3.8, 4) is 17.0 Å². The number of carbonyl (C=O) groups is 1. The van der Waals surface area contributed by atoms with Crippen LogP contribution in [0.25, 0.3) is 21.9 Å². The summed E-state index contributed by atoms with van der Waals surface area (Å²) in [5.74, 6) is -0.688. The maximum absolute atomic E-state index is 13.0. The number of halogens is 1. The number of nitrogens with one attached hydrogen (secondary N) is 1. The van der Waals surface area contributed by atoms with Gasteiger partial charge in [0.1, 0.15) is 12.0 Å². The molecule has 132 valence electrons. The summed E-state index contributed by atoms with van der Waals surface area (Å²) >= 11 is 0. The molecular weight excluding hydrogens is 335 g/mol. The number of aryl methyl sites for hydroxylation is 1. The molecule has 1 aliphatic rings. The minimum atomic E-state index is -1.06. The monoisotopic (exact) mass is 352 g/mol. The standard InChI is InChI=1S/C19H17FN4O2/c1-9-2-3-22-19(26)17(9)11-4-10-6-16(23-8-13(10)15(21)5-11)24-18(25)12-7-14(12)20/h2-6,8,12,14H,7,21H2,1H3,(H,22,26)(H,23,24,25). The molecule has 2 unspecified atom stereocenters. The lowest BCUT2D eigenvalue weighted by molar-refractivity contribution is -0.117. The van der Waals surface area contributed by atoms with Crippen LogP contribution >= 0.6 is 0 Å². The second-order valence-corrected chi connectivity index (χ2v) is 6.53. The Kier molecular flexibility index (Phi) is 3.72.